The number of aromatic nitrogens is 4. The molecular weight excluding hydrogens is 355 g/mol. The van der Waals surface area contributed by atoms with Crippen molar-refractivity contribution in [2.75, 3.05) is 0 Å². The van der Waals surface area contributed by atoms with Gasteiger partial charge in [0.1, 0.15) is 17.6 Å². The number of hydrogen-bond acceptors (Lipinski definition) is 5. The van der Waals surface area contributed by atoms with Crippen molar-refractivity contribution in [1.29, 1.82) is 5.26 Å². The van der Waals surface area contributed by atoms with E-state index >= 15 is 0 Å². The van der Waals surface area contributed by atoms with Crippen LogP contribution in [0.15, 0.2) is 54.9 Å². The van der Waals surface area contributed by atoms with Crippen molar-refractivity contribution in [2.24, 2.45) is 5.73 Å². The minimum atomic E-state index is -0.614. The van der Waals surface area contributed by atoms with Gasteiger partial charge in [-0.25, -0.2) is 14.1 Å². The third-order valence-electron chi connectivity index (χ3n) is 4.57. The molecule has 1 aromatic carbocycles. The summed E-state index contributed by atoms with van der Waals surface area (Å²) >= 11 is 0. The largest absolute Gasteiger partial charge is 0.322 e. The van der Waals surface area contributed by atoms with Crippen molar-refractivity contribution in [3.8, 4) is 11.8 Å². The summed E-state index contributed by atoms with van der Waals surface area (Å²) in [5.41, 5.74) is 10.1. The summed E-state index contributed by atoms with van der Waals surface area (Å²) in [7, 11) is 0. The van der Waals surface area contributed by atoms with Gasteiger partial charge in [0.2, 0.25) is 0 Å². The predicted octanol–water partition coefficient (Wildman–Crippen LogP) is 3.38. The quantitative estimate of drug-likeness (QED) is 0.593. The predicted molar refractivity (Wildman–Crippen MR) is 103 cm³/mol. The number of nitrogens with zero attached hydrogens (tertiary/aromatic N) is 5. The number of benzene rings is 1. The summed E-state index contributed by atoms with van der Waals surface area (Å²) in [6.45, 7) is 2.03. The topological polar surface area (TPSA) is 93.4 Å². The van der Waals surface area contributed by atoms with Gasteiger partial charge in [0.15, 0.2) is 0 Å². The highest BCUT2D eigenvalue weighted by Gasteiger charge is 2.19. The van der Waals surface area contributed by atoms with Crippen LogP contribution < -0.4 is 5.73 Å². The molecule has 0 unspecified atom stereocenters. The van der Waals surface area contributed by atoms with Crippen LogP contribution in [0.4, 0.5) is 4.39 Å². The third kappa shape index (κ3) is 3.21. The Hall–Kier alpha value is -3.63. The molecule has 4 rings (SSSR count). The van der Waals surface area contributed by atoms with E-state index in [-0.39, 0.29) is 17.8 Å². The molecular formula is C21H17FN6. The lowest BCUT2D eigenvalue weighted by molar-refractivity contribution is 0.574. The van der Waals surface area contributed by atoms with Crippen LogP contribution in [0, 0.1) is 24.1 Å². The summed E-state index contributed by atoms with van der Waals surface area (Å²) in [5.74, 6) is -0.494. The Balaban J connectivity index is 1.74. The van der Waals surface area contributed by atoms with Crippen LogP contribution in [-0.2, 0) is 6.42 Å². The average molecular weight is 372 g/mol. The number of halogens is 1. The Bertz CT molecular complexity index is 1210. The molecule has 0 amide bonds. The Kier molecular flexibility index (Phi) is 4.55. The number of pyridine rings is 2. The maximum Gasteiger partial charge on any atom is 0.144 e. The standard InChI is InChI=1S/C21H17FN6/c1-13-4-7-19-14(9-13)12-26-28(19)20-3-2-8-25-21(20)17(24)10-18-16(22)6-5-15(11-23)27-18/h2-9,12,17H,10,24H2,1H3/t17-/m0/s1. The number of hydrogen-bond donors (Lipinski definition) is 1. The molecule has 0 aliphatic rings. The maximum atomic E-state index is 14.1. The maximum absolute atomic E-state index is 14.1. The van der Waals surface area contributed by atoms with Crippen molar-refractivity contribution in [2.45, 2.75) is 19.4 Å². The van der Waals surface area contributed by atoms with Crippen molar-refractivity contribution in [3.05, 3.63) is 83.3 Å². The van der Waals surface area contributed by atoms with Crippen molar-refractivity contribution in [3.63, 3.8) is 0 Å². The van der Waals surface area contributed by atoms with E-state index in [0.717, 1.165) is 22.2 Å². The average Bonchev–Trinajstić information content (AvgIpc) is 3.12. The first-order chi connectivity index (χ1) is 13.6. The van der Waals surface area contributed by atoms with E-state index in [9.17, 15) is 4.39 Å². The second-order valence-corrected chi connectivity index (χ2v) is 6.57. The molecule has 138 valence electrons. The summed E-state index contributed by atoms with van der Waals surface area (Å²) in [4.78, 5) is 8.47. The molecule has 7 heteroatoms. The molecule has 4 aromatic rings. The Morgan fingerprint density at radius 1 is 1.25 bits per heavy atom. The fourth-order valence-corrected chi connectivity index (χ4v) is 3.21. The van der Waals surface area contributed by atoms with Gasteiger partial charge in [-0.3, -0.25) is 4.98 Å². The zero-order valence-electron chi connectivity index (χ0n) is 15.2. The molecule has 0 aliphatic heterocycles. The zero-order chi connectivity index (χ0) is 19.7. The molecule has 0 bridgehead atoms. The van der Waals surface area contributed by atoms with Crippen LogP contribution in [-0.4, -0.2) is 19.7 Å². The first-order valence-corrected chi connectivity index (χ1v) is 8.77. The summed E-state index contributed by atoms with van der Waals surface area (Å²) in [6, 6.07) is 13.6. The van der Waals surface area contributed by atoms with E-state index in [1.165, 1.54) is 12.1 Å². The van der Waals surface area contributed by atoms with E-state index in [2.05, 4.69) is 21.1 Å². The second-order valence-electron chi connectivity index (χ2n) is 6.57. The van der Waals surface area contributed by atoms with Crippen molar-refractivity contribution >= 4 is 10.9 Å². The smallest absolute Gasteiger partial charge is 0.144 e. The van der Waals surface area contributed by atoms with Crippen LogP contribution in [0.1, 0.15) is 28.7 Å². The van der Waals surface area contributed by atoms with E-state index in [1.54, 1.807) is 17.1 Å². The van der Waals surface area contributed by atoms with Gasteiger partial charge in [-0.1, -0.05) is 11.6 Å². The summed E-state index contributed by atoms with van der Waals surface area (Å²) in [5, 5.41) is 14.5. The van der Waals surface area contributed by atoms with Gasteiger partial charge in [-0.15, -0.1) is 0 Å². The van der Waals surface area contributed by atoms with Crippen LogP contribution in [0.5, 0.6) is 0 Å². The second kappa shape index (κ2) is 7.18. The molecule has 0 aliphatic carbocycles. The molecule has 0 radical (unpaired) electrons. The van der Waals surface area contributed by atoms with E-state index < -0.39 is 11.9 Å². The Morgan fingerprint density at radius 3 is 2.93 bits per heavy atom. The number of fused-ring (bicyclic) bond motifs is 1. The van der Waals surface area contributed by atoms with Crippen LogP contribution >= 0.6 is 0 Å². The third-order valence-corrected chi connectivity index (χ3v) is 4.57. The van der Waals surface area contributed by atoms with E-state index in [4.69, 9.17) is 11.0 Å². The number of aryl methyl sites for hydroxylation is 1. The molecule has 0 saturated carbocycles. The fraction of sp³-hybridized carbons (Fsp3) is 0.143. The van der Waals surface area contributed by atoms with Gasteiger partial charge in [0, 0.05) is 18.0 Å². The van der Waals surface area contributed by atoms with Crippen LogP contribution in [0.25, 0.3) is 16.6 Å². The SMILES string of the molecule is Cc1ccc2c(cnn2-c2cccnc2[C@@H](N)Cc2nc(C#N)ccc2F)c1. The van der Waals surface area contributed by atoms with E-state index in [1.807, 2.05) is 37.3 Å². The lowest BCUT2D eigenvalue weighted by Gasteiger charge is -2.16. The van der Waals surface area contributed by atoms with Gasteiger partial charge in [0.05, 0.1) is 34.8 Å². The molecule has 0 spiro atoms. The Labute approximate surface area is 161 Å². The molecule has 1 atom stereocenters. The molecule has 0 saturated heterocycles. The van der Waals surface area contributed by atoms with Gasteiger partial charge in [0.25, 0.3) is 0 Å². The lowest BCUT2D eigenvalue weighted by atomic mass is 10.1. The molecule has 0 fully saturated rings. The number of nitrogens with two attached hydrogens (primary N) is 1. The molecule has 3 aromatic heterocycles. The molecule has 2 N–H and O–H groups in total. The number of nitriles is 1. The van der Waals surface area contributed by atoms with Crippen LogP contribution in [0.3, 0.4) is 0 Å². The Morgan fingerprint density at radius 2 is 2.11 bits per heavy atom. The first kappa shape index (κ1) is 17.8. The molecule has 28 heavy (non-hydrogen) atoms. The molecule has 6 nitrogen and oxygen atoms in total. The normalized spacial score (nSPS) is 12.1. The monoisotopic (exact) mass is 372 g/mol. The highest BCUT2D eigenvalue weighted by Crippen LogP contribution is 2.25. The number of rotatable bonds is 4. The highest BCUT2D eigenvalue weighted by molar-refractivity contribution is 5.81. The minimum Gasteiger partial charge on any atom is -0.322 e. The van der Waals surface area contributed by atoms with Gasteiger partial charge in [-0.2, -0.15) is 10.4 Å². The van der Waals surface area contributed by atoms with Crippen LogP contribution in [0.2, 0.25) is 0 Å². The fourth-order valence-electron chi connectivity index (χ4n) is 3.21. The lowest BCUT2D eigenvalue weighted by Crippen LogP contribution is -2.19. The zero-order valence-corrected chi connectivity index (χ0v) is 15.2. The summed E-state index contributed by atoms with van der Waals surface area (Å²) < 4.78 is 15.9. The van der Waals surface area contributed by atoms with Gasteiger partial charge >= 0.3 is 0 Å². The van der Waals surface area contributed by atoms with Crippen molar-refractivity contribution < 1.29 is 4.39 Å². The first-order valence-electron chi connectivity index (χ1n) is 8.77. The van der Waals surface area contributed by atoms with Gasteiger partial charge in [-0.05, 0) is 43.3 Å². The van der Waals surface area contributed by atoms with Crippen molar-refractivity contribution in [1.82, 2.24) is 19.7 Å². The van der Waals surface area contributed by atoms with E-state index in [0.29, 0.717) is 5.69 Å². The molecule has 3 heterocycles. The minimum absolute atomic E-state index is 0.115. The summed E-state index contributed by atoms with van der Waals surface area (Å²) in [6.07, 6.45) is 3.55. The van der Waals surface area contributed by atoms with Gasteiger partial charge < -0.3 is 5.73 Å². The highest BCUT2D eigenvalue weighted by atomic mass is 19.1.